The molecule has 0 radical (unpaired) electrons. The number of nitrogens with zero attached hydrogens (tertiary/aromatic N) is 2. The number of halogens is 9. The Balaban J connectivity index is 1.66. The lowest BCUT2D eigenvalue weighted by atomic mass is 9.98. The third-order valence-corrected chi connectivity index (χ3v) is 6.66. The first-order valence-electron chi connectivity index (χ1n) is 12.1. The van der Waals surface area contributed by atoms with Gasteiger partial charge in [-0.1, -0.05) is 42.5 Å². The average Bonchev–Trinajstić information content (AvgIpc) is 2.88. The second-order valence-corrected chi connectivity index (χ2v) is 9.57. The molecule has 1 aliphatic rings. The third-order valence-electron chi connectivity index (χ3n) is 6.66. The molecule has 3 aromatic carbocycles. The molecule has 3 aromatic rings. The molecule has 0 spiro atoms. The highest BCUT2D eigenvalue weighted by molar-refractivity contribution is 5.95. The van der Waals surface area contributed by atoms with Gasteiger partial charge in [0.1, 0.15) is 0 Å². The summed E-state index contributed by atoms with van der Waals surface area (Å²) in [6, 6.07) is 13.5. The van der Waals surface area contributed by atoms with Crippen LogP contribution < -0.4 is 0 Å². The molecular formula is C28H23F9N2O. The fraction of sp³-hybridized carbons (Fsp3) is 0.321. The summed E-state index contributed by atoms with van der Waals surface area (Å²) in [5.41, 5.74) is -3.47. The van der Waals surface area contributed by atoms with E-state index in [1.165, 1.54) is 17.0 Å². The van der Waals surface area contributed by atoms with E-state index in [0.717, 1.165) is 17.7 Å². The molecule has 1 amide bonds. The number of piperazine rings is 1. The number of hydrogen-bond acceptors (Lipinski definition) is 2. The van der Waals surface area contributed by atoms with E-state index in [-0.39, 0.29) is 32.1 Å². The second-order valence-electron chi connectivity index (χ2n) is 9.57. The predicted octanol–water partition coefficient (Wildman–Crippen LogP) is 7.31. The molecule has 1 heterocycles. The molecule has 214 valence electrons. The Morgan fingerprint density at radius 1 is 0.675 bits per heavy atom. The molecule has 1 unspecified atom stereocenters. The van der Waals surface area contributed by atoms with Crippen LogP contribution in [0, 0.1) is 0 Å². The van der Waals surface area contributed by atoms with E-state index in [1.807, 2.05) is 35.2 Å². The summed E-state index contributed by atoms with van der Waals surface area (Å²) in [5, 5.41) is 0. The van der Waals surface area contributed by atoms with Crippen molar-refractivity contribution in [3.63, 3.8) is 0 Å². The van der Waals surface area contributed by atoms with Crippen LogP contribution in [0.1, 0.15) is 38.2 Å². The van der Waals surface area contributed by atoms with Gasteiger partial charge in [0.15, 0.2) is 0 Å². The number of carbonyl (C=O) groups excluding carboxylic acids is 1. The third kappa shape index (κ3) is 7.15. The minimum atomic E-state index is -5.12. The van der Waals surface area contributed by atoms with E-state index in [0.29, 0.717) is 24.2 Å². The Morgan fingerprint density at radius 2 is 1.23 bits per heavy atom. The maximum atomic E-state index is 13.4. The Bertz CT molecular complexity index is 1280. The molecule has 1 aliphatic heterocycles. The molecule has 0 N–H and O–H groups in total. The van der Waals surface area contributed by atoms with E-state index in [1.54, 1.807) is 0 Å². The normalized spacial score (nSPS) is 17.2. The first-order valence-corrected chi connectivity index (χ1v) is 12.1. The summed E-state index contributed by atoms with van der Waals surface area (Å²) >= 11 is 0. The van der Waals surface area contributed by atoms with Gasteiger partial charge < -0.3 is 4.90 Å². The van der Waals surface area contributed by atoms with E-state index >= 15 is 0 Å². The quantitative estimate of drug-likeness (QED) is 0.299. The van der Waals surface area contributed by atoms with Gasteiger partial charge in [0, 0.05) is 37.8 Å². The van der Waals surface area contributed by atoms with Gasteiger partial charge in [-0.15, -0.1) is 0 Å². The molecule has 0 saturated carbocycles. The van der Waals surface area contributed by atoms with Crippen LogP contribution in [0.5, 0.6) is 0 Å². The number of amides is 1. The number of alkyl halides is 9. The standard InChI is InChI=1S/C28H23F9N2O/c29-26(30,31)21-8-6-18(7-9-21)12-24-17-38(16-19-4-2-1-3-5-19)10-11-39(24)25(40)20-13-22(27(32,33)34)15-23(14-20)28(35,36)37/h1-9,13-15,24H,10-12,16-17H2. The van der Waals surface area contributed by atoms with Crippen molar-refractivity contribution in [2.45, 2.75) is 37.5 Å². The Kier molecular flexibility index (Phi) is 8.21. The smallest absolute Gasteiger partial charge is 0.333 e. The zero-order chi connectivity index (χ0) is 29.3. The van der Waals surface area contributed by atoms with Gasteiger partial charge in [-0.05, 0) is 47.9 Å². The van der Waals surface area contributed by atoms with Gasteiger partial charge in [-0.3, -0.25) is 9.69 Å². The van der Waals surface area contributed by atoms with Gasteiger partial charge >= 0.3 is 18.5 Å². The number of hydrogen-bond donors (Lipinski definition) is 0. The lowest BCUT2D eigenvalue weighted by Gasteiger charge is -2.42. The van der Waals surface area contributed by atoms with E-state index in [4.69, 9.17) is 0 Å². The summed E-state index contributed by atoms with van der Waals surface area (Å²) in [6.45, 7) is 0.949. The Labute approximate surface area is 223 Å². The first-order chi connectivity index (χ1) is 18.6. The summed E-state index contributed by atoms with van der Waals surface area (Å²) in [5.74, 6) is -1.02. The van der Waals surface area contributed by atoms with Crippen molar-refractivity contribution in [3.8, 4) is 0 Å². The minimum Gasteiger partial charge on any atom is -0.333 e. The fourth-order valence-electron chi connectivity index (χ4n) is 4.69. The maximum absolute atomic E-state index is 13.4. The largest absolute Gasteiger partial charge is 0.416 e. The van der Waals surface area contributed by atoms with Gasteiger partial charge in [0.25, 0.3) is 5.91 Å². The van der Waals surface area contributed by atoms with Crippen molar-refractivity contribution in [2.24, 2.45) is 0 Å². The van der Waals surface area contributed by atoms with Crippen LogP contribution in [0.4, 0.5) is 39.5 Å². The molecule has 3 nitrogen and oxygen atoms in total. The van der Waals surface area contributed by atoms with Crippen LogP contribution in [0.25, 0.3) is 0 Å². The second kappa shape index (κ2) is 11.1. The summed E-state index contributed by atoms with van der Waals surface area (Å²) in [4.78, 5) is 16.6. The highest BCUT2D eigenvalue weighted by Gasteiger charge is 2.39. The number of carbonyl (C=O) groups is 1. The fourth-order valence-corrected chi connectivity index (χ4v) is 4.69. The molecule has 1 fully saturated rings. The van der Waals surface area contributed by atoms with Crippen molar-refractivity contribution in [3.05, 3.63) is 106 Å². The topological polar surface area (TPSA) is 23.6 Å². The van der Waals surface area contributed by atoms with E-state index in [2.05, 4.69) is 0 Å². The maximum Gasteiger partial charge on any atom is 0.416 e. The van der Waals surface area contributed by atoms with Crippen LogP contribution in [-0.2, 0) is 31.5 Å². The predicted molar refractivity (Wildman–Crippen MR) is 128 cm³/mol. The van der Waals surface area contributed by atoms with E-state index < -0.39 is 52.7 Å². The van der Waals surface area contributed by atoms with Crippen LogP contribution >= 0.6 is 0 Å². The van der Waals surface area contributed by atoms with Crippen LogP contribution in [0.15, 0.2) is 72.8 Å². The summed E-state index contributed by atoms with van der Waals surface area (Å²) < 4.78 is 119. The molecule has 12 heteroatoms. The van der Waals surface area contributed by atoms with Crippen molar-refractivity contribution in [1.82, 2.24) is 9.80 Å². The molecule has 40 heavy (non-hydrogen) atoms. The van der Waals surface area contributed by atoms with Gasteiger partial charge in [0.05, 0.1) is 16.7 Å². The van der Waals surface area contributed by atoms with Crippen LogP contribution in [0.2, 0.25) is 0 Å². The first kappa shape index (κ1) is 29.4. The Morgan fingerprint density at radius 3 is 1.75 bits per heavy atom. The zero-order valence-electron chi connectivity index (χ0n) is 20.7. The Hall–Kier alpha value is -3.54. The minimum absolute atomic E-state index is 0.00539. The lowest BCUT2D eigenvalue weighted by molar-refractivity contribution is -0.143. The van der Waals surface area contributed by atoms with Gasteiger partial charge in [-0.25, -0.2) is 0 Å². The molecular weight excluding hydrogens is 551 g/mol. The van der Waals surface area contributed by atoms with Crippen LogP contribution in [-0.4, -0.2) is 41.4 Å². The van der Waals surface area contributed by atoms with Gasteiger partial charge in [0.2, 0.25) is 0 Å². The highest BCUT2D eigenvalue weighted by Crippen LogP contribution is 2.37. The van der Waals surface area contributed by atoms with Crippen molar-refractivity contribution in [1.29, 1.82) is 0 Å². The number of benzene rings is 3. The lowest BCUT2D eigenvalue weighted by Crippen LogP contribution is -2.55. The zero-order valence-corrected chi connectivity index (χ0v) is 20.7. The van der Waals surface area contributed by atoms with Crippen LogP contribution in [0.3, 0.4) is 0 Å². The molecule has 1 atom stereocenters. The average molecular weight is 574 g/mol. The van der Waals surface area contributed by atoms with Crippen molar-refractivity contribution in [2.75, 3.05) is 19.6 Å². The van der Waals surface area contributed by atoms with Gasteiger partial charge in [-0.2, -0.15) is 39.5 Å². The molecule has 0 bridgehead atoms. The van der Waals surface area contributed by atoms with E-state index in [9.17, 15) is 44.3 Å². The monoisotopic (exact) mass is 574 g/mol. The van der Waals surface area contributed by atoms with Crippen molar-refractivity contribution < 1.29 is 44.3 Å². The van der Waals surface area contributed by atoms with Crippen molar-refractivity contribution >= 4 is 5.91 Å². The summed E-state index contributed by atoms with van der Waals surface area (Å²) in [6.07, 6.45) is -14.8. The number of rotatable bonds is 5. The molecule has 1 saturated heterocycles. The molecule has 4 rings (SSSR count). The summed E-state index contributed by atoms with van der Waals surface area (Å²) in [7, 11) is 0. The highest BCUT2D eigenvalue weighted by atomic mass is 19.4. The molecule has 0 aromatic heterocycles. The molecule has 0 aliphatic carbocycles. The SMILES string of the molecule is O=C(c1cc(C(F)(F)F)cc(C(F)(F)F)c1)N1CCN(Cc2ccccc2)CC1Cc1ccc(C(F)(F)F)cc1.